The molecular formula is C15H16N2O4. The molecule has 1 aromatic heterocycles. The summed E-state index contributed by atoms with van der Waals surface area (Å²) in [5.41, 5.74) is 5.86. The highest BCUT2D eigenvalue weighted by Gasteiger charge is 2.29. The molecule has 0 bridgehead atoms. The van der Waals surface area contributed by atoms with Gasteiger partial charge in [0.25, 0.3) is 5.91 Å². The largest absolute Gasteiger partial charge is 0.451 e. The summed E-state index contributed by atoms with van der Waals surface area (Å²) in [6.45, 7) is 0.333. The summed E-state index contributed by atoms with van der Waals surface area (Å²) < 4.78 is 10.9. The van der Waals surface area contributed by atoms with E-state index in [4.69, 9.17) is 14.9 Å². The van der Waals surface area contributed by atoms with E-state index in [0.29, 0.717) is 25.0 Å². The van der Waals surface area contributed by atoms with Crippen molar-refractivity contribution in [2.24, 2.45) is 5.73 Å². The first-order chi connectivity index (χ1) is 10.1. The predicted molar refractivity (Wildman–Crippen MR) is 75.6 cm³/mol. The molecule has 0 spiro atoms. The van der Waals surface area contributed by atoms with E-state index in [0.717, 1.165) is 5.39 Å². The second kappa shape index (κ2) is 5.57. The molecule has 2 unspecified atom stereocenters. The molecule has 1 aromatic carbocycles. The van der Waals surface area contributed by atoms with Crippen molar-refractivity contribution in [3.8, 4) is 0 Å². The van der Waals surface area contributed by atoms with Crippen LogP contribution in [0.25, 0.3) is 11.0 Å². The number of hydrogen-bond acceptors (Lipinski definition) is 4. The second-order valence-corrected chi connectivity index (χ2v) is 5.08. The molecule has 1 aliphatic rings. The van der Waals surface area contributed by atoms with E-state index in [1.165, 1.54) is 0 Å². The summed E-state index contributed by atoms with van der Waals surface area (Å²) in [6, 6.07) is 9.13. The maximum atomic E-state index is 12.0. The number of benzene rings is 1. The molecule has 2 amide bonds. The molecule has 2 aromatic rings. The zero-order valence-electron chi connectivity index (χ0n) is 11.4. The normalized spacial score (nSPS) is 21.5. The molecule has 1 aliphatic heterocycles. The third kappa shape index (κ3) is 2.90. The molecule has 1 saturated heterocycles. The van der Waals surface area contributed by atoms with E-state index in [1.54, 1.807) is 6.07 Å². The first-order valence-corrected chi connectivity index (χ1v) is 6.85. The van der Waals surface area contributed by atoms with Gasteiger partial charge in [0.2, 0.25) is 5.91 Å². The van der Waals surface area contributed by atoms with Crippen LogP contribution in [0.5, 0.6) is 0 Å². The highest BCUT2D eigenvalue weighted by atomic mass is 16.5. The number of furan rings is 1. The van der Waals surface area contributed by atoms with E-state index in [1.807, 2.05) is 24.3 Å². The number of nitrogens with two attached hydrogens (primary N) is 1. The van der Waals surface area contributed by atoms with Crippen molar-refractivity contribution in [2.75, 3.05) is 6.54 Å². The predicted octanol–water partition coefficient (Wildman–Crippen LogP) is 1.20. The van der Waals surface area contributed by atoms with Crippen molar-refractivity contribution >= 4 is 22.8 Å². The summed E-state index contributed by atoms with van der Waals surface area (Å²) in [5.74, 6) is -0.487. The van der Waals surface area contributed by atoms with Crippen molar-refractivity contribution in [3.05, 3.63) is 36.1 Å². The van der Waals surface area contributed by atoms with Gasteiger partial charge >= 0.3 is 0 Å². The Kier molecular flexibility index (Phi) is 3.62. The quantitative estimate of drug-likeness (QED) is 0.883. The van der Waals surface area contributed by atoms with Crippen molar-refractivity contribution in [2.45, 2.75) is 25.0 Å². The van der Waals surface area contributed by atoms with Gasteiger partial charge in [0.1, 0.15) is 11.7 Å². The third-order valence-corrected chi connectivity index (χ3v) is 3.56. The molecule has 2 heterocycles. The highest BCUT2D eigenvalue weighted by Crippen LogP contribution is 2.20. The van der Waals surface area contributed by atoms with Gasteiger partial charge in [0.15, 0.2) is 5.76 Å². The number of ether oxygens (including phenoxy) is 1. The Morgan fingerprint density at radius 3 is 2.81 bits per heavy atom. The Hall–Kier alpha value is -2.34. The van der Waals surface area contributed by atoms with Crippen LogP contribution in [-0.4, -0.2) is 30.6 Å². The summed E-state index contributed by atoms with van der Waals surface area (Å²) >= 11 is 0. The standard InChI is InChI=1S/C15H16N2O4/c16-14(18)12-6-5-10(20-12)8-17-15(19)13-7-9-3-1-2-4-11(9)21-13/h1-4,7,10,12H,5-6,8H2,(H2,16,18)(H,17,19). The Balaban J connectivity index is 1.58. The maximum Gasteiger partial charge on any atom is 0.287 e. The minimum atomic E-state index is -0.543. The Morgan fingerprint density at radius 2 is 2.10 bits per heavy atom. The van der Waals surface area contributed by atoms with Gasteiger partial charge in [-0.3, -0.25) is 9.59 Å². The topological polar surface area (TPSA) is 94.6 Å². The van der Waals surface area contributed by atoms with Crippen molar-refractivity contribution in [1.82, 2.24) is 5.32 Å². The summed E-state index contributed by atoms with van der Waals surface area (Å²) in [5, 5.41) is 3.63. The summed E-state index contributed by atoms with van der Waals surface area (Å²) in [4.78, 5) is 23.0. The smallest absolute Gasteiger partial charge is 0.287 e. The van der Waals surface area contributed by atoms with Gasteiger partial charge in [0, 0.05) is 11.9 Å². The van der Waals surface area contributed by atoms with Crippen LogP contribution in [0.1, 0.15) is 23.4 Å². The molecule has 0 radical (unpaired) electrons. The van der Waals surface area contributed by atoms with Gasteiger partial charge in [0.05, 0.1) is 6.10 Å². The van der Waals surface area contributed by atoms with Gasteiger partial charge in [-0.25, -0.2) is 0 Å². The molecule has 3 N–H and O–H groups in total. The van der Waals surface area contributed by atoms with Crippen molar-refractivity contribution in [3.63, 3.8) is 0 Å². The number of rotatable bonds is 4. The van der Waals surface area contributed by atoms with Crippen LogP contribution in [0, 0.1) is 0 Å². The second-order valence-electron chi connectivity index (χ2n) is 5.08. The fourth-order valence-electron chi connectivity index (χ4n) is 2.45. The average molecular weight is 288 g/mol. The molecule has 2 atom stereocenters. The summed E-state index contributed by atoms with van der Waals surface area (Å²) in [6.07, 6.45) is 0.572. The van der Waals surface area contributed by atoms with Gasteiger partial charge < -0.3 is 20.2 Å². The van der Waals surface area contributed by atoms with Gasteiger partial charge in [-0.05, 0) is 25.0 Å². The minimum Gasteiger partial charge on any atom is -0.451 e. The molecule has 1 fully saturated rings. The van der Waals surface area contributed by atoms with Crippen LogP contribution in [0.2, 0.25) is 0 Å². The Labute approximate surface area is 121 Å². The zero-order chi connectivity index (χ0) is 14.8. The lowest BCUT2D eigenvalue weighted by molar-refractivity contribution is -0.128. The van der Waals surface area contributed by atoms with E-state index >= 15 is 0 Å². The lowest BCUT2D eigenvalue weighted by Crippen LogP contribution is -2.34. The number of hydrogen-bond donors (Lipinski definition) is 2. The van der Waals surface area contributed by atoms with E-state index in [2.05, 4.69) is 5.32 Å². The first-order valence-electron chi connectivity index (χ1n) is 6.85. The number of carbonyl (C=O) groups is 2. The van der Waals surface area contributed by atoms with E-state index in [-0.39, 0.29) is 17.8 Å². The van der Waals surface area contributed by atoms with E-state index < -0.39 is 12.0 Å². The van der Waals surface area contributed by atoms with E-state index in [9.17, 15) is 9.59 Å². The first kappa shape index (κ1) is 13.6. The number of carbonyl (C=O) groups excluding carboxylic acids is 2. The number of primary amides is 1. The molecule has 0 saturated carbocycles. The number of amides is 2. The fraction of sp³-hybridized carbons (Fsp3) is 0.333. The summed E-state index contributed by atoms with van der Waals surface area (Å²) in [7, 11) is 0. The minimum absolute atomic E-state index is 0.184. The van der Waals surface area contributed by atoms with Gasteiger partial charge in [-0.15, -0.1) is 0 Å². The van der Waals surface area contributed by atoms with Crippen LogP contribution in [0.15, 0.2) is 34.7 Å². The molecule has 0 aliphatic carbocycles. The Bertz CT molecular complexity index is 646. The van der Waals surface area contributed by atoms with Crippen LogP contribution in [0.3, 0.4) is 0 Å². The number of nitrogens with one attached hydrogen (secondary N) is 1. The monoisotopic (exact) mass is 288 g/mol. The fourth-order valence-corrected chi connectivity index (χ4v) is 2.45. The number of fused-ring (bicyclic) bond motifs is 1. The van der Waals surface area contributed by atoms with Crippen LogP contribution in [-0.2, 0) is 9.53 Å². The SMILES string of the molecule is NC(=O)C1CCC(CNC(=O)c2cc3ccccc3o2)O1. The highest BCUT2D eigenvalue weighted by molar-refractivity contribution is 5.96. The number of para-hydroxylation sites is 1. The maximum absolute atomic E-state index is 12.0. The van der Waals surface area contributed by atoms with Crippen molar-refractivity contribution in [1.29, 1.82) is 0 Å². The van der Waals surface area contributed by atoms with Crippen LogP contribution < -0.4 is 11.1 Å². The lowest BCUT2D eigenvalue weighted by Gasteiger charge is -2.11. The van der Waals surface area contributed by atoms with Gasteiger partial charge in [-0.2, -0.15) is 0 Å². The van der Waals surface area contributed by atoms with Crippen LogP contribution >= 0.6 is 0 Å². The molecule has 110 valence electrons. The average Bonchev–Trinajstić information content (AvgIpc) is 3.11. The molecular weight excluding hydrogens is 272 g/mol. The lowest BCUT2D eigenvalue weighted by atomic mass is 10.2. The third-order valence-electron chi connectivity index (χ3n) is 3.56. The molecule has 3 rings (SSSR count). The molecule has 6 nitrogen and oxygen atoms in total. The van der Waals surface area contributed by atoms with Gasteiger partial charge in [-0.1, -0.05) is 18.2 Å². The molecule has 21 heavy (non-hydrogen) atoms. The zero-order valence-corrected chi connectivity index (χ0v) is 11.4. The molecule has 6 heteroatoms. The van der Waals surface area contributed by atoms with Crippen LogP contribution in [0.4, 0.5) is 0 Å². The Morgan fingerprint density at radius 1 is 1.29 bits per heavy atom. The van der Waals surface area contributed by atoms with Crippen molar-refractivity contribution < 1.29 is 18.7 Å².